The zero-order valence-electron chi connectivity index (χ0n) is 9.36. The van der Waals surface area contributed by atoms with Gasteiger partial charge in [-0.25, -0.2) is 4.39 Å². The van der Waals surface area contributed by atoms with E-state index in [-0.39, 0.29) is 11.7 Å². The summed E-state index contributed by atoms with van der Waals surface area (Å²) in [5.74, 6) is -0.595. The molecule has 0 aliphatic carbocycles. The quantitative estimate of drug-likeness (QED) is 0.417. The molecule has 1 heterocycles. The van der Waals surface area contributed by atoms with Crippen LogP contribution in [-0.2, 0) is 0 Å². The average molecular weight is 238 g/mol. The van der Waals surface area contributed by atoms with Crippen molar-refractivity contribution in [3.63, 3.8) is 0 Å². The standard InChI is InChI=1S/C12H15FN2O2/c13-9-1-2-10(11(16)7-9)12(15-17)8-3-5-14-6-4-8/h1-2,7-8,14,16-17H,3-6H2/b15-12+. The zero-order chi connectivity index (χ0) is 12.3. The molecule has 0 unspecified atom stereocenters. The minimum atomic E-state index is -0.506. The third kappa shape index (κ3) is 2.55. The van der Waals surface area contributed by atoms with Crippen LogP contribution in [0.5, 0.6) is 5.75 Å². The first-order valence-electron chi connectivity index (χ1n) is 5.64. The SMILES string of the molecule is O/N=C(/c1ccc(F)cc1O)C1CCNCC1. The molecule has 1 aromatic carbocycles. The minimum absolute atomic E-state index is 0.0950. The van der Waals surface area contributed by atoms with Gasteiger partial charge in [0.25, 0.3) is 0 Å². The molecule has 1 fully saturated rings. The monoisotopic (exact) mass is 238 g/mol. The minimum Gasteiger partial charge on any atom is -0.507 e. The second kappa shape index (κ2) is 5.14. The number of piperidine rings is 1. The van der Waals surface area contributed by atoms with Crippen molar-refractivity contribution < 1.29 is 14.7 Å². The summed E-state index contributed by atoms with van der Waals surface area (Å²) in [6.07, 6.45) is 1.69. The first kappa shape index (κ1) is 11.9. The van der Waals surface area contributed by atoms with Crippen LogP contribution in [0.2, 0.25) is 0 Å². The van der Waals surface area contributed by atoms with Crippen molar-refractivity contribution in [3.05, 3.63) is 29.6 Å². The number of rotatable bonds is 2. The van der Waals surface area contributed by atoms with Gasteiger partial charge in [-0.1, -0.05) is 5.16 Å². The Bertz CT molecular complexity index is 429. The highest BCUT2D eigenvalue weighted by Gasteiger charge is 2.23. The van der Waals surface area contributed by atoms with Gasteiger partial charge in [-0.2, -0.15) is 0 Å². The van der Waals surface area contributed by atoms with E-state index in [4.69, 9.17) is 5.21 Å². The summed E-state index contributed by atoms with van der Waals surface area (Å²) < 4.78 is 12.9. The van der Waals surface area contributed by atoms with Crippen LogP contribution < -0.4 is 5.32 Å². The van der Waals surface area contributed by atoms with Crippen molar-refractivity contribution in [1.29, 1.82) is 0 Å². The average Bonchev–Trinajstić information content (AvgIpc) is 2.34. The zero-order valence-corrected chi connectivity index (χ0v) is 9.36. The summed E-state index contributed by atoms with van der Waals surface area (Å²) in [6.45, 7) is 1.71. The highest BCUT2D eigenvalue weighted by atomic mass is 19.1. The summed E-state index contributed by atoms with van der Waals surface area (Å²) in [7, 11) is 0. The van der Waals surface area contributed by atoms with Crippen molar-refractivity contribution >= 4 is 5.71 Å². The smallest absolute Gasteiger partial charge is 0.127 e. The molecule has 0 amide bonds. The molecule has 0 aromatic heterocycles. The first-order chi connectivity index (χ1) is 8.22. The summed E-state index contributed by atoms with van der Waals surface area (Å²) in [4.78, 5) is 0. The molecule has 0 bridgehead atoms. The van der Waals surface area contributed by atoms with Crippen LogP contribution in [-0.4, -0.2) is 29.1 Å². The second-order valence-electron chi connectivity index (χ2n) is 4.17. The molecule has 0 atom stereocenters. The van der Waals surface area contributed by atoms with Crippen LogP contribution in [0.4, 0.5) is 4.39 Å². The van der Waals surface area contributed by atoms with Crippen molar-refractivity contribution in [2.24, 2.45) is 11.1 Å². The maximum Gasteiger partial charge on any atom is 0.127 e. The normalized spacial score (nSPS) is 18.3. The van der Waals surface area contributed by atoms with Gasteiger partial charge in [-0.3, -0.25) is 0 Å². The van der Waals surface area contributed by atoms with Gasteiger partial charge in [0.2, 0.25) is 0 Å². The summed E-state index contributed by atoms with van der Waals surface area (Å²) in [5.41, 5.74) is 0.838. The van der Waals surface area contributed by atoms with Crippen molar-refractivity contribution in [1.82, 2.24) is 5.32 Å². The molecule has 1 saturated heterocycles. The first-order valence-corrected chi connectivity index (χ1v) is 5.64. The fourth-order valence-electron chi connectivity index (χ4n) is 2.17. The summed E-state index contributed by atoms with van der Waals surface area (Å²) in [5, 5.41) is 25.3. The molecule has 1 aliphatic heterocycles. The highest BCUT2D eigenvalue weighted by Crippen LogP contribution is 2.25. The van der Waals surface area contributed by atoms with Gasteiger partial charge in [0.15, 0.2) is 0 Å². The lowest BCUT2D eigenvalue weighted by Gasteiger charge is -2.23. The Morgan fingerprint density at radius 2 is 2.06 bits per heavy atom. The van der Waals surface area contributed by atoms with E-state index in [0.29, 0.717) is 11.3 Å². The van der Waals surface area contributed by atoms with E-state index in [2.05, 4.69) is 10.5 Å². The van der Waals surface area contributed by atoms with Crippen molar-refractivity contribution in [3.8, 4) is 5.75 Å². The number of nitrogens with zero attached hydrogens (tertiary/aromatic N) is 1. The molecular formula is C12H15FN2O2. The molecule has 0 radical (unpaired) electrons. The molecule has 0 spiro atoms. The fourth-order valence-corrected chi connectivity index (χ4v) is 2.17. The van der Waals surface area contributed by atoms with E-state index in [1.807, 2.05) is 0 Å². The highest BCUT2D eigenvalue weighted by molar-refractivity contribution is 6.04. The van der Waals surface area contributed by atoms with Crippen LogP contribution in [0, 0.1) is 11.7 Å². The van der Waals surface area contributed by atoms with E-state index in [1.54, 1.807) is 0 Å². The Balaban J connectivity index is 2.28. The maximum atomic E-state index is 12.9. The van der Waals surface area contributed by atoms with Crippen LogP contribution in [0.25, 0.3) is 0 Å². The molecule has 0 saturated carbocycles. The molecule has 2 rings (SSSR count). The Morgan fingerprint density at radius 3 is 2.65 bits per heavy atom. The molecular weight excluding hydrogens is 223 g/mol. The van der Waals surface area contributed by atoms with E-state index >= 15 is 0 Å². The third-order valence-electron chi connectivity index (χ3n) is 3.07. The van der Waals surface area contributed by atoms with E-state index in [0.717, 1.165) is 32.0 Å². The summed E-state index contributed by atoms with van der Waals surface area (Å²) in [6, 6.07) is 3.73. The Labute approximate surface area is 98.8 Å². The van der Waals surface area contributed by atoms with Gasteiger partial charge in [0.05, 0.1) is 5.71 Å². The molecule has 4 nitrogen and oxygen atoms in total. The molecule has 1 aromatic rings. The molecule has 5 heteroatoms. The lowest BCUT2D eigenvalue weighted by Crippen LogP contribution is -2.32. The lowest BCUT2D eigenvalue weighted by atomic mass is 9.88. The maximum absolute atomic E-state index is 12.9. The van der Waals surface area contributed by atoms with Crippen LogP contribution in [0.1, 0.15) is 18.4 Å². The van der Waals surface area contributed by atoms with E-state index in [1.165, 1.54) is 12.1 Å². The van der Waals surface area contributed by atoms with Gasteiger partial charge in [0.1, 0.15) is 11.6 Å². The molecule has 92 valence electrons. The van der Waals surface area contributed by atoms with Crippen LogP contribution >= 0.6 is 0 Å². The van der Waals surface area contributed by atoms with Gasteiger partial charge in [-0.05, 0) is 38.1 Å². The predicted octanol–water partition coefficient (Wildman–Crippen LogP) is 1.71. The Hall–Kier alpha value is -1.62. The largest absolute Gasteiger partial charge is 0.507 e. The van der Waals surface area contributed by atoms with Crippen LogP contribution in [0.15, 0.2) is 23.4 Å². The van der Waals surface area contributed by atoms with Crippen molar-refractivity contribution in [2.45, 2.75) is 12.8 Å². The third-order valence-corrected chi connectivity index (χ3v) is 3.07. The Kier molecular flexibility index (Phi) is 3.58. The van der Waals surface area contributed by atoms with Gasteiger partial charge in [0, 0.05) is 17.5 Å². The van der Waals surface area contributed by atoms with Crippen molar-refractivity contribution in [2.75, 3.05) is 13.1 Å². The number of aromatic hydroxyl groups is 1. The molecule has 3 N–H and O–H groups in total. The predicted molar refractivity (Wildman–Crippen MR) is 62.0 cm³/mol. The number of phenols is 1. The Morgan fingerprint density at radius 1 is 1.35 bits per heavy atom. The topological polar surface area (TPSA) is 64.9 Å². The second-order valence-corrected chi connectivity index (χ2v) is 4.17. The number of halogens is 1. The molecule has 17 heavy (non-hydrogen) atoms. The molecule has 1 aliphatic rings. The fraction of sp³-hybridized carbons (Fsp3) is 0.417. The number of phenolic OH excluding ortho intramolecular Hbond substituents is 1. The number of oxime groups is 1. The van der Waals surface area contributed by atoms with Gasteiger partial charge < -0.3 is 15.6 Å². The number of nitrogens with one attached hydrogen (secondary N) is 1. The van der Waals surface area contributed by atoms with Crippen LogP contribution in [0.3, 0.4) is 0 Å². The number of hydrogen-bond donors (Lipinski definition) is 3. The van der Waals surface area contributed by atoms with E-state index in [9.17, 15) is 9.50 Å². The number of hydrogen-bond acceptors (Lipinski definition) is 4. The number of benzene rings is 1. The summed E-state index contributed by atoms with van der Waals surface area (Å²) >= 11 is 0. The van der Waals surface area contributed by atoms with Gasteiger partial charge >= 0.3 is 0 Å². The van der Waals surface area contributed by atoms with E-state index < -0.39 is 5.82 Å². The van der Waals surface area contributed by atoms with Gasteiger partial charge in [-0.15, -0.1) is 0 Å². The lowest BCUT2D eigenvalue weighted by molar-refractivity contribution is 0.311.